The van der Waals surface area contributed by atoms with Crippen molar-refractivity contribution in [2.24, 2.45) is 0 Å². The van der Waals surface area contributed by atoms with Gasteiger partial charge < -0.3 is 4.74 Å². The molecule has 1 aromatic heterocycles. The van der Waals surface area contributed by atoms with Gasteiger partial charge in [-0.25, -0.2) is 4.79 Å². The van der Waals surface area contributed by atoms with E-state index in [-0.39, 0.29) is 16.9 Å². The molecule has 0 saturated carbocycles. The highest BCUT2D eigenvalue weighted by molar-refractivity contribution is 9.09. The normalized spacial score (nSPS) is 12.9. The summed E-state index contributed by atoms with van der Waals surface area (Å²) < 4.78 is 5.09. The summed E-state index contributed by atoms with van der Waals surface area (Å²) in [5.41, 5.74) is 0. The predicted octanol–water partition coefficient (Wildman–Crippen LogP) is 3.77. The lowest BCUT2D eigenvalue weighted by Crippen LogP contribution is -2.09. The van der Waals surface area contributed by atoms with E-state index in [1.165, 1.54) is 11.3 Å². The third-order valence-corrected chi connectivity index (χ3v) is 3.61. The van der Waals surface area contributed by atoms with Gasteiger partial charge in [-0.05, 0) is 32.9 Å². The van der Waals surface area contributed by atoms with Crippen LogP contribution in [0.3, 0.4) is 0 Å². The van der Waals surface area contributed by atoms with E-state index in [9.17, 15) is 4.79 Å². The Morgan fingerprint density at radius 2 is 2.07 bits per heavy atom. The second-order valence-corrected chi connectivity index (χ2v) is 5.76. The Kier molecular flexibility index (Phi) is 4.13. The number of hydrogen-bond acceptors (Lipinski definition) is 3. The summed E-state index contributed by atoms with van der Waals surface area (Å²) in [5, 5.41) is 0. The highest BCUT2D eigenvalue weighted by atomic mass is 79.9. The van der Waals surface area contributed by atoms with Crippen molar-refractivity contribution in [3.63, 3.8) is 0 Å². The van der Waals surface area contributed by atoms with E-state index in [2.05, 4.69) is 15.9 Å². The monoisotopic (exact) mass is 276 g/mol. The molecule has 0 amide bonds. The van der Waals surface area contributed by atoms with Crippen LogP contribution in [0.2, 0.25) is 0 Å². The molecule has 0 aliphatic heterocycles. The molecule has 4 heteroatoms. The topological polar surface area (TPSA) is 26.3 Å². The number of hydrogen-bond donors (Lipinski definition) is 0. The van der Waals surface area contributed by atoms with Crippen molar-refractivity contribution in [2.45, 2.75) is 31.7 Å². The molecule has 14 heavy (non-hydrogen) atoms. The number of carbonyl (C=O) groups is 1. The molecule has 1 aromatic rings. The zero-order valence-electron chi connectivity index (χ0n) is 8.41. The second kappa shape index (κ2) is 4.94. The first-order chi connectivity index (χ1) is 6.50. The highest BCUT2D eigenvalue weighted by Crippen LogP contribution is 2.29. The largest absolute Gasteiger partial charge is 0.459 e. The summed E-state index contributed by atoms with van der Waals surface area (Å²) in [5.74, 6) is -0.232. The lowest BCUT2D eigenvalue weighted by atomic mass is 10.3. The second-order valence-electron chi connectivity index (χ2n) is 3.27. The Labute approximate surface area is 96.4 Å². The standard InChI is InChI=1S/C10H13BrO2S/c1-6(2)13-10(12)9-5-4-8(14-9)7(3)11/h4-7H,1-3H3. The van der Waals surface area contributed by atoms with Crippen molar-refractivity contribution in [2.75, 3.05) is 0 Å². The fraction of sp³-hybridized carbons (Fsp3) is 0.500. The summed E-state index contributed by atoms with van der Waals surface area (Å²) in [7, 11) is 0. The highest BCUT2D eigenvalue weighted by Gasteiger charge is 2.13. The first kappa shape index (κ1) is 11.7. The van der Waals surface area contributed by atoms with Gasteiger partial charge >= 0.3 is 5.97 Å². The van der Waals surface area contributed by atoms with E-state index in [0.717, 1.165) is 4.88 Å². The Balaban J connectivity index is 2.71. The molecule has 1 rings (SSSR count). The summed E-state index contributed by atoms with van der Waals surface area (Å²) in [4.78, 5) is 13.6. The lowest BCUT2D eigenvalue weighted by molar-refractivity contribution is 0.0384. The zero-order valence-corrected chi connectivity index (χ0v) is 10.8. The van der Waals surface area contributed by atoms with Gasteiger partial charge in [0.2, 0.25) is 0 Å². The third-order valence-electron chi connectivity index (χ3n) is 1.56. The van der Waals surface area contributed by atoms with Gasteiger partial charge in [-0.3, -0.25) is 0 Å². The number of thiophene rings is 1. The molecular formula is C10H13BrO2S. The maximum absolute atomic E-state index is 11.5. The van der Waals surface area contributed by atoms with Crippen LogP contribution in [0.25, 0.3) is 0 Å². The molecule has 2 nitrogen and oxygen atoms in total. The molecule has 1 unspecified atom stereocenters. The molecule has 0 fully saturated rings. The smallest absolute Gasteiger partial charge is 0.348 e. The van der Waals surface area contributed by atoms with E-state index in [1.807, 2.05) is 32.9 Å². The molecule has 0 aliphatic carbocycles. The fourth-order valence-electron chi connectivity index (χ4n) is 0.948. The number of ether oxygens (including phenoxy) is 1. The van der Waals surface area contributed by atoms with Crippen molar-refractivity contribution in [3.05, 3.63) is 21.9 Å². The number of esters is 1. The minimum atomic E-state index is -0.232. The first-order valence-corrected chi connectivity index (χ1v) is 6.18. The van der Waals surface area contributed by atoms with Crippen LogP contribution in [-0.4, -0.2) is 12.1 Å². The lowest BCUT2D eigenvalue weighted by Gasteiger charge is -2.05. The summed E-state index contributed by atoms with van der Waals surface area (Å²) in [6.07, 6.45) is -0.0607. The predicted molar refractivity (Wildman–Crippen MR) is 62.2 cm³/mol. The van der Waals surface area contributed by atoms with Crippen LogP contribution < -0.4 is 0 Å². The SMILES string of the molecule is CC(C)OC(=O)c1ccc(C(C)Br)s1. The van der Waals surface area contributed by atoms with Crippen molar-refractivity contribution < 1.29 is 9.53 Å². The van der Waals surface area contributed by atoms with Gasteiger partial charge in [-0.1, -0.05) is 15.9 Å². The van der Waals surface area contributed by atoms with Crippen LogP contribution in [0.15, 0.2) is 12.1 Å². The number of alkyl halides is 1. The summed E-state index contributed by atoms with van der Waals surface area (Å²) >= 11 is 4.92. The van der Waals surface area contributed by atoms with Gasteiger partial charge in [0.05, 0.1) is 6.10 Å². The maximum atomic E-state index is 11.5. The molecule has 0 aromatic carbocycles. The molecule has 0 N–H and O–H groups in total. The minimum absolute atomic E-state index is 0.0607. The van der Waals surface area contributed by atoms with Crippen molar-refractivity contribution >= 4 is 33.2 Å². The summed E-state index contributed by atoms with van der Waals surface area (Å²) in [6, 6.07) is 3.75. The van der Waals surface area contributed by atoms with Gasteiger partial charge in [0, 0.05) is 9.70 Å². The van der Waals surface area contributed by atoms with E-state index in [4.69, 9.17) is 4.74 Å². The minimum Gasteiger partial charge on any atom is -0.459 e. The molecule has 78 valence electrons. The number of halogens is 1. The number of carbonyl (C=O) groups excluding carboxylic acids is 1. The average molecular weight is 277 g/mol. The van der Waals surface area contributed by atoms with Gasteiger partial charge in [-0.2, -0.15) is 0 Å². The van der Waals surface area contributed by atoms with Crippen LogP contribution in [0.4, 0.5) is 0 Å². The molecule has 0 spiro atoms. The molecule has 1 heterocycles. The van der Waals surface area contributed by atoms with Crippen molar-refractivity contribution in [1.82, 2.24) is 0 Å². The van der Waals surface area contributed by atoms with Gasteiger partial charge in [0.25, 0.3) is 0 Å². The van der Waals surface area contributed by atoms with Crippen LogP contribution in [0.5, 0.6) is 0 Å². The van der Waals surface area contributed by atoms with Crippen molar-refractivity contribution in [3.8, 4) is 0 Å². The van der Waals surface area contributed by atoms with E-state index >= 15 is 0 Å². The molecule has 0 bridgehead atoms. The van der Waals surface area contributed by atoms with Crippen LogP contribution in [-0.2, 0) is 4.74 Å². The molecule has 0 radical (unpaired) electrons. The maximum Gasteiger partial charge on any atom is 0.348 e. The zero-order chi connectivity index (χ0) is 10.7. The Morgan fingerprint density at radius 1 is 1.43 bits per heavy atom. The Hall–Kier alpha value is -0.350. The summed E-state index contributed by atoms with van der Waals surface area (Å²) in [6.45, 7) is 5.72. The Bertz CT molecular complexity index is 318. The van der Waals surface area contributed by atoms with Crippen LogP contribution >= 0.6 is 27.3 Å². The van der Waals surface area contributed by atoms with Crippen LogP contribution in [0.1, 0.15) is 40.1 Å². The molecule has 1 atom stereocenters. The first-order valence-electron chi connectivity index (χ1n) is 4.45. The molecule has 0 saturated heterocycles. The van der Waals surface area contributed by atoms with E-state index in [1.54, 1.807) is 0 Å². The number of rotatable bonds is 3. The Morgan fingerprint density at radius 3 is 2.50 bits per heavy atom. The van der Waals surface area contributed by atoms with E-state index in [0.29, 0.717) is 4.88 Å². The molecular weight excluding hydrogens is 264 g/mol. The van der Waals surface area contributed by atoms with Gasteiger partial charge in [-0.15, -0.1) is 11.3 Å². The molecule has 0 aliphatic rings. The third kappa shape index (κ3) is 3.10. The average Bonchev–Trinajstić information content (AvgIpc) is 2.50. The van der Waals surface area contributed by atoms with Gasteiger partial charge in [0.15, 0.2) is 0 Å². The van der Waals surface area contributed by atoms with Gasteiger partial charge in [0.1, 0.15) is 4.88 Å². The van der Waals surface area contributed by atoms with E-state index < -0.39 is 0 Å². The van der Waals surface area contributed by atoms with Crippen molar-refractivity contribution in [1.29, 1.82) is 0 Å². The quantitative estimate of drug-likeness (QED) is 0.621. The van der Waals surface area contributed by atoms with Crippen LogP contribution in [0, 0.1) is 0 Å². The fourth-order valence-corrected chi connectivity index (χ4v) is 2.20.